The summed E-state index contributed by atoms with van der Waals surface area (Å²) in [5, 5.41) is 4.23. The number of anilines is 1. The smallest absolute Gasteiger partial charge is 0.228 e. The highest BCUT2D eigenvalue weighted by molar-refractivity contribution is 9.10. The van der Waals surface area contributed by atoms with Crippen LogP contribution in [0.4, 0.5) is 5.69 Å². The van der Waals surface area contributed by atoms with Gasteiger partial charge in [-0.3, -0.25) is 19.2 Å². The predicted octanol–water partition coefficient (Wildman–Crippen LogP) is 1.84. The van der Waals surface area contributed by atoms with E-state index < -0.39 is 0 Å². The Kier molecular flexibility index (Phi) is 5.77. The first-order valence-corrected chi connectivity index (χ1v) is 10.4. The highest BCUT2D eigenvalue weighted by atomic mass is 79.9. The normalized spacial score (nSPS) is 20.8. The van der Waals surface area contributed by atoms with Gasteiger partial charge in [-0.25, -0.2) is 0 Å². The van der Waals surface area contributed by atoms with Crippen molar-refractivity contribution in [3.8, 4) is 0 Å². The van der Waals surface area contributed by atoms with Crippen LogP contribution in [-0.4, -0.2) is 70.7 Å². The third-order valence-electron chi connectivity index (χ3n) is 5.48. The maximum Gasteiger partial charge on any atom is 0.228 e. The number of carbonyl (C=O) groups excluding carboxylic acids is 2. The first kappa shape index (κ1) is 19.1. The molecule has 7 nitrogen and oxygen atoms in total. The zero-order valence-corrected chi connectivity index (χ0v) is 17.3. The van der Waals surface area contributed by atoms with Crippen LogP contribution in [0.2, 0.25) is 0 Å². The Morgan fingerprint density at radius 2 is 1.96 bits per heavy atom. The molecular weight excluding hydrogens is 422 g/mol. The topological polar surface area (TPSA) is 61.7 Å². The second kappa shape index (κ2) is 8.45. The Hall–Kier alpha value is -2.19. The van der Waals surface area contributed by atoms with Gasteiger partial charge >= 0.3 is 0 Å². The molecule has 0 bridgehead atoms. The molecule has 0 radical (unpaired) electrons. The molecule has 4 rings (SSSR count). The zero-order valence-electron chi connectivity index (χ0n) is 15.7. The summed E-state index contributed by atoms with van der Waals surface area (Å²) in [4.78, 5) is 31.4. The Morgan fingerprint density at radius 3 is 2.68 bits per heavy atom. The number of piperazine rings is 1. The molecule has 8 heteroatoms. The molecule has 1 atom stereocenters. The fraction of sp³-hybridized carbons (Fsp3) is 0.450. The second-order valence-electron chi connectivity index (χ2n) is 7.32. The number of rotatable bonds is 5. The summed E-state index contributed by atoms with van der Waals surface area (Å²) in [5.41, 5.74) is 0.845. The Labute approximate surface area is 173 Å². The van der Waals surface area contributed by atoms with Gasteiger partial charge in [-0.1, -0.05) is 22.0 Å². The first-order chi connectivity index (χ1) is 13.6. The van der Waals surface area contributed by atoms with Crippen molar-refractivity contribution in [2.24, 2.45) is 5.92 Å². The summed E-state index contributed by atoms with van der Waals surface area (Å²) >= 11 is 3.44. The van der Waals surface area contributed by atoms with Crippen LogP contribution in [0, 0.1) is 5.92 Å². The number of hydrogen-bond acceptors (Lipinski definition) is 4. The van der Waals surface area contributed by atoms with Gasteiger partial charge in [0.25, 0.3) is 0 Å². The minimum Gasteiger partial charge on any atom is -0.340 e. The van der Waals surface area contributed by atoms with Crippen LogP contribution in [0.5, 0.6) is 0 Å². The molecule has 2 amide bonds. The molecule has 0 aliphatic carbocycles. The number of benzene rings is 1. The van der Waals surface area contributed by atoms with E-state index in [-0.39, 0.29) is 17.7 Å². The molecule has 2 fully saturated rings. The summed E-state index contributed by atoms with van der Waals surface area (Å²) < 4.78 is 2.86. The lowest BCUT2D eigenvalue weighted by Gasteiger charge is -2.35. The minimum atomic E-state index is -0.248. The molecule has 0 N–H and O–H groups in total. The largest absolute Gasteiger partial charge is 0.340 e. The lowest BCUT2D eigenvalue weighted by Crippen LogP contribution is -2.51. The third-order valence-corrected chi connectivity index (χ3v) is 5.98. The Balaban J connectivity index is 1.29. The molecule has 2 saturated heterocycles. The molecule has 1 aromatic heterocycles. The van der Waals surface area contributed by atoms with Gasteiger partial charge in [-0.05, 0) is 24.3 Å². The number of aromatic nitrogens is 2. The number of amides is 2. The lowest BCUT2D eigenvalue weighted by atomic mass is 10.1. The molecule has 2 aromatic rings. The molecule has 0 spiro atoms. The van der Waals surface area contributed by atoms with E-state index in [4.69, 9.17) is 0 Å². The van der Waals surface area contributed by atoms with Gasteiger partial charge in [0.15, 0.2) is 0 Å². The van der Waals surface area contributed by atoms with Crippen molar-refractivity contribution in [2.45, 2.75) is 13.0 Å². The van der Waals surface area contributed by atoms with Crippen molar-refractivity contribution < 1.29 is 9.59 Å². The number of halogens is 1. The van der Waals surface area contributed by atoms with E-state index in [1.807, 2.05) is 46.1 Å². The predicted molar refractivity (Wildman–Crippen MR) is 110 cm³/mol. The molecular formula is C20H24BrN5O2. The SMILES string of the molecule is O=C(C1CC(=O)N(c2cccc(Br)c2)C1)N1CCN(CCn2cccn2)CC1. The summed E-state index contributed by atoms with van der Waals surface area (Å²) in [6.07, 6.45) is 4.05. The summed E-state index contributed by atoms with van der Waals surface area (Å²) in [6.45, 7) is 5.43. The zero-order chi connectivity index (χ0) is 19.5. The number of nitrogens with zero attached hydrogens (tertiary/aromatic N) is 5. The van der Waals surface area contributed by atoms with Gasteiger partial charge in [0.05, 0.1) is 12.5 Å². The van der Waals surface area contributed by atoms with Crippen molar-refractivity contribution >= 4 is 33.4 Å². The average molecular weight is 446 g/mol. The first-order valence-electron chi connectivity index (χ1n) is 9.64. The van der Waals surface area contributed by atoms with Crippen LogP contribution in [0.25, 0.3) is 0 Å². The minimum absolute atomic E-state index is 0.0225. The maximum atomic E-state index is 12.9. The number of carbonyl (C=O) groups is 2. The van der Waals surface area contributed by atoms with Crippen molar-refractivity contribution in [1.29, 1.82) is 0 Å². The van der Waals surface area contributed by atoms with Crippen LogP contribution in [0.15, 0.2) is 47.2 Å². The Bertz CT molecular complexity index is 833. The highest BCUT2D eigenvalue weighted by Gasteiger charge is 2.37. The lowest BCUT2D eigenvalue weighted by molar-refractivity contribution is -0.137. The second-order valence-corrected chi connectivity index (χ2v) is 8.24. The van der Waals surface area contributed by atoms with E-state index in [1.54, 1.807) is 11.1 Å². The fourth-order valence-electron chi connectivity index (χ4n) is 3.89. The van der Waals surface area contributed by atoms with E-state index >= 15 is 0 Å². The van der Waals surface area contributed by atoms with E-state index in [0.29, 0.717) is 13.0 Å². The van der Waals surface area contributed by atoms with Crippen molar-refractivity contribution in [1.82, 2.24) is 19.6 Å². The summed E-state index contributed by atoms with van der Waals surface area (Å²) in [6, 6.07) is 9.59. The monoisotopic (exact) mass is 445 g/mol. The van der Waals surface area contributed by atoms with Crippen LogP contribution in [0.3, 0.4) is 0 Å². The van der Waals surface area contributed by atoms with E-state index in [2.05, 4.69) is 25.9 Å². The van der Waals surface area contributed by atoms with Crippen molar-refractivity contribution in [3.63, 3.8) is 0 Å². The molecule has 1 aromatic carbocycles. The summed E-state index contributed by atoms with van der Waals surface area (Å²) in [5.74, 6) is -0.117. The molecule has 3 heterocycles. The maximum absolute atomic E-state index is 12.9. The van der Waals surface area contributed by atoms with Gasteiger partial charge in [0.2, 0.25) is 11.8 Å². The molecule has 0 saturated carbocycles. The highest BCUT2D eigenvalue weighted by Crippen LogP contribution is 2.28. The number of hydrogen-bond donors (Lipinski definition) is 0. The molecule has 148 valence electrons. The van der Waals surface area contributed by atoms with Crippen molar-refractivity contribution in [3.05, 3.63) is 47.2 Å². The van der Waals surface area contributed by atoms with E-state index in [0.717, 1.165) is 49.4 Å². The van der Waals surface area contributed by atoms with Crippen LogP contribution in [-0.2, 0) is 16.1 Å². The molecule has 2 aliphatic heterocycles. The van der Waals surface area contributed by atoms with E-state index in [9.17, 15) is 9.59 Å². The van der Waals surface area contributed by atoms with Gasteiger partial charge < -0.3 is 9.80 Å². The van der Waals surface area contributed by atoms with Crippen LogP contribution in [0.1, 0.15) is 6.42 Å². The Morgan fingerprint density at radius 1 is 1.14 bits per heavy atom. The van der Waals surface area contributed by atoms with E-state index in [1.165, 1.54) is 0 Å². The van der Waals surface area contributed by atoms with Crippen LogP contribution < -0.4 is 4.90 Å². The van der Waals surface area contributed by atoms with Gasteiger partial charge in [0.1, 0.15) is 0 Å². The average Bonchev–Trinajstić information content (AvgIpc) is 3.36. The standard InChI is InChI=1S/C20H24BrN5O2/c21-17-3-1-4-18(14-17)26-15-16(13-19(26)27)20(28)24-10-7-23(8-11-24)9-12-25-6-2-5-22-25/h1-6,14,16H,7-13,15H2. The van der Waals surface area contributed by atoms with Gasteiger partial charge in [-0.15, -0.1) is 0 Å². The molecule has 2 aliphatic rings. The van der Waals surface area contributed by atoms with Gasteiger partial charge in [-0.2, -0.15) is 5.10 Å². The van der Waals surface area contributed by atoms with Crippen LogP contribution >= 0.6 is 15.9 Å². The summed E-state index contributed by atoms with van der Waals surface area (Å²) in [7, 11) is 0. The third kappa shape index (κ3) is 4.28. The van der Waals surface area contributed by atoms with Crippen molar-refractivity contribution in [2.75, 3.05) is 44.2 Å². The van der Waals surface area contributed by atoms with Gasteiger partial charge in [0, 0.05) is 68.2 Å². The quantitative estimate of drug-likeness (QED) is 0.704. The fourth-order valence-corrected chi connectivity index (χ4v) is 4.28. The molecule has 28 heavy (non-hydrogen) atoms. The molecule has 1 unspecified atom stereocenters.